The summed E-state index contributed by atoms with van der Waals surface area (Å²) in [5.74, 6) is 1.45. The van der Waals surface area contributed by atoms with Crippen LogP contribution in [0.15, 0.2) is 18.2 Å². The first-order valence-electron chi connectivity index (χ1n) is 5.66. The van der Waals surface area contributed by atoms with Crippen LogP contribution in [0.5, 0.6) is 11.5 Å². The lowest BCUT2D eigenvalue weighted by molar-refractivity contribution is 0.355. The van der Waals surface area contributed by atoms with E-state index in [1.54, 1.807) is 25.6 Å². The number of methoxy groups -OCH3 is 2. The average molecular weight is 263 g/mol. The second-order valence-electron chi connectivity index (χ2n) is 4.09. The highest BCUT2D eigenvalue weighted by molar-refractivity contribution is 7.16. The Labute approximate surface area is 111 Å². The molecule has 0 spiro atoms. The molecular formula is C14H17NO2S. The topological polar surface area (TPSA) is 44.5 Å². The molecule has 3 nitrogen and oxygen atoms in total. The Balaban J connectivity index is 2.58. The van der Waals surface area contributed by atoms with Gasteiger partial charge < -0.3 is 15.2 Å². The Morgan fingerprint density at radius 3 is 2.22 bits per heavy atom. The van der Waals surface area contributed by atoms with Gasteiger partial charge >= 0.3 is 0 Å². The van der Waals surface area contributed by atoms with Crippen LogP contribution in [0.3, 0.4) is 0 Å². The van der Waals surface area contributed by atoms with E-state index in [2.05, 4.69) is 13.8 Å². The summed E-state index contributed by atoms with van der Waals surface area (Å²) < 4.78 is 10.6. The summed E-state index contributed by atoms with van der Waals surface area (Å²) in [7, 11) is 3.27. The highest BCUT2D eigenvalue weighted by atomic mass is 32.1. The number of rotatable bonds is 3. The van der Waals surface area contributed by atoms with Gasteiger partial charge in [0.25, 0.3) is 0 Å². The van der Waals surface area contributed by atoms with Gasteiger partial charge in [0.1, 0.15) is 0 Å². The van der Waals surface area contributed by atoms with Gasteiger partial charge in [0.05, 0.1) is 19.2 Å². The fourth-order valence-corrected chi connectivity index (χ4v) is 2.96. The highest BCUT2D eigenvalue weighted by Crippen LogP contribution is 2.40. The normalized spacial score (nSPS) is 10.4. The standard InChI is InChI=1S/C14H17NO2S/c1-8-9(2)18-14(15)13(8)10-5-6-11(16-3)12(7-10)17-4/h5-7H,15H2,1-4H3. The molecule has 0 aliphatic carbocycles. The Hall–Kier alpha value is -1.68. The molecule has 2 aromatic rings. The molecule has 0 saturated heterocycles. The summed E-state index contributed by atoms with van der Waals surface area (Å²) in [6, 6.07) is 5.87. The fourth-order valence-electron chi connectivity index (χ4n) is 2.00. The van der Waals surface area contributed by atoms with Crippen molar-refractivity contribution in [1.29, 1.82) is 0 Å². The van der Waals surface area contributed by atoms with Crippen molar-refractivity contribution >= 4 is 16.3 Å². The number of hydrogen-bond donors (Lipinski definition) is 1. The van der Waals surface area contributed by atoms with E-state index in [9.17, 15) is 0 Å². The molecule has 0 unspecified atom stereocenters. The number of thiophene rings is 1. The van der Waals surface area contributed by atoms with Crippen LogP contribution in [-0.4, -0.2) is 14.2 Å². The minimum absolute atomic E-state index is 0.720. The van der Waals surface area contributed by atoms with E-state index in [4.69, 9.17) is 15.2 Å². The molecule has 96 valence electrons. The first-order valence-corrected chi connectivity index (χ1v) is 6.48. The predicted octanol–water partition coefficient (Wildman–Crippen LogP) is 3.63. The van der Waals surface area contributed by atoms with Crippen molar-refractivity contribution in [3.05, 3.63) is 28.6 Å². The zero-order valence-corrected chi connectivity index (χ0v) is 11.9. The van der Waals surface area contributed by atoms with Crippen LogP contribution in [0, 0.1) is 13.8 Å². The van der Waals surface area contributed by atoms with Gasteiger partial charge in [-0.1, -0.05) is 6.07 Å². The molecular weight excluding hydrogens is 246 g/mol. The van der Waals surface area contributed by atoms with Crippen molar-refractivity contribution < 1.29 is 9.47 Å². The van der Waals surface area contributed by atoms with Crippen LogP contribution in [0.1, 0.15) is 10.4 Å². The minimum Gasteiger partial charge on any atom is -0.493 e. The summed E-state index contributed by atoms with van der Waals surface area (Å²) in [6.45, 7) is 4.18. The molecule has 1 aromatic heterocycles. The molecule has 1 heterocycles. The first kappa shape index (κ1) is 12.8. The van der Waals surface area contributed by atoms with Gasteiger partial charge in [-0.25, -0.2) is 0 Å². The minimum atomic E-state index is 0.720. The van der Waals surface area contributed by atoms with Crippen LogP contribution in [-0.2, 0) is 0 Å². The molecule has 4 heteroatoms. The third-order valence-electron chi connectivity index (χ3n) is 3.08. The van der Waals surface area contributed by atoms with Gasteiger partial charge in [-0.05, 0) is 37.1 Å². The number of benzene rings is 1. The maximum absolute atomic E-state index is 6.08. The SMILES string of the molecule is COc1ccc(-c2c(N)sc(C)c2C)cc1OC. The third kappa shape index (κ3) is 2.04. The van der Waals surface area contributed by atoms with E-state index in [-0.39, 0.29) is 0 Å². The van der Waals surface area contributed by atoms with Gasteiger partial charge in [-0.2, -0.15) is 0 Å². The van der Waals surface area contributed by atoms with E-state index in [0.29, 0.717) is 0 Å². The Morgan fingerprint density at radius 1 is 1.06 bits per heavy atom. The van der Waals surface area contributed by atoms with Gasteiger partial charge in [-0.3, -0.25) is 0 Å². The van der Waals surface area contributed by atoms with Crippen LogP contribution >= 0.6 is 11.3 Å². The summed E-state index contributed by atoms with van der Waals surface area (Å²) in [4.78, 5) is 1.25. The molecule has 18 heavy (non-hydrogen) atoms. The number of nitrogen functional groups attached to an aromatic ring is 1. The second kappa shape index (κ2) is 4.90. The molecule has 0 atom stereocenters. The van der Waals surface area contributed by atoms with E-state index in [1.165, 1.54) is 10.4 Å². The summed E-state index contributed by atoms with van der Waals surface area (Å²) in [5, 5.41) is 0.845. The molecule has 2 N–H and O–H groups in total. The quantitative estimate of drug-likeness (QED) is 0.919. The van der Waals surface area contributed by atoms with E-state index in [0.717, 1.165) is 27.6 Å². The smallest absolute Gasteiger partial charge is 0.161 e. The number of ether oxygens (including phenoxy) is 2. The predicted molar refractivity (Wildman–Crippen MR) is 76.7 cm³/mol. The lowest BCUT2D eigenvalue weighted by Crippen LogP contribution is -1.92. The van der Waals surface area contributed by atoms with Crippen molar-refractivity contribution in [3.63, 3.8) is 0 Å². The average Bonchev–Trinajstić information content (AvgIpc) is 2.62. The molecule has 0 amide bonds. The molecule has 0 fully saturated rings. The number of nitrogens with two attached hydrogens (primary N) is 1. The molecule has 1 aromatic carbocycles. The number of anilines is 1. The summed E-state index contributed by atoms with van der Waals surface area (Å²) in [5.41, 5.74) is 9.47. The molecule has 0 aliphatic heterocycles. The second-order valence-corrected chi connectivity index (χ2v) is 5.35. The Morgan fingerprint density at radius 2 is 1.72 bits per heavy atom. The molecule has 0 saturated carbocycles. The van der Waals surface area contributed by atoms with Crippen LogP contribution in [0.25, 0.3) is 11.1 Å². The third-order valence-corrected chi connectivity index (χ3v) is 4.12. The maximum Gasteiger partial charge on any atom is 0.161 e. The van der Waals surface area contributed by atoms with Crippen molar-refractivity contribution in [2.45, 2.75) is 13.8 Å². The van der Waals surface area contributed by atoms with Crippen LogP contribution in [0.2, 0.25) is 0 Å². The summed E-state index contributed by atoms with van der Waals surface area (Å²) >= 11 is 1.62. The highest BCUT2D eigenvalue weighted by Gasteiger charge is 2.14. The molecule has 0 bridgehead atoms. The van der Waals surface area contributed by atoms with Crippen molar-refractivity contribution in [3.8, 4) is 22.6 Å². The number of hydrogen-bond acceptors (Lipinski definition) is 4. The Bertz CT molecular complexity index is 575. The largest absolute Gasteiger partial charge is 0.493 e. The van der Waals surface area contributed by atoms with Gasteiger partial charge in [0.15, 0.2) is 11.5 Å². The van der Waals surface area contributed by atoms with Crippen molar-refractivity contribution in [2.24, 2.45) is 0 Å². The monoisotopic (exact) mass is 263 g/mol. The lowest BCUT2D eigenvalue weighted by atomic mass is 10.0. The van der Waals surface area contributed by atoms with Crippen LogP contribution in [0.4, 0.5) is 5.00 Å². The van der Waals surface area contributed by atoms with Crippen LogP contribution < -0.4 is 15.2 Å². The van der Waals surface area contributed by atoms with Gasteiger partial charge in [0, 0.05) is 10.4 Å². The lowest BCUT2D eigenvalue weighted by Gasteiger charge is -2.10. The van der Waals surface area contributed by atoms with E-state index in [1.807, 2.05) is 18.2 Å². The van der Waals surface area contributed by atoms with E-state index >= 15 is 0 Å². The fraction of sp³-hybridized carbons (Fsp3) is 0.286. The zero-order valence-electron chi connectivity index (χ0n) is 11.0. The zero-order chi connectivity index (χ0) is 13.3. The Kier molecular flexibility index (Phi) is 3.48. The van der Waals surface area contributed by atoms with Crippen molar-refractivity contribution in [2.75, 3.05) is 20.0 Å². The molecule has 0 aliphatic rings. The summed E-state index contributed by atoms with van der Waals surface area (Å²) in [6.07, 6.45) is 0. The molecule has 0 radical (unpaired) electrons. The van der Waals surface area contributed by atoms with Gasteiger partial charge in [-0.15, -0.1) is 11.3 Å². The maximum atomic E-state index is 6.08. The van der Waals surface area contributed by atoms with Crippen molar-refractivity contribution in [1.82, 2.24) is 0 Å². The molecule has 2 rings (SSSR count). The van der Waals surface area contributed by atoms with Gasteiger partial charge in [0.2, 0.25) is 0 Å². The first-order chi connectivity index (χ1) is 8.58. The van der Waals surface area contributed by atoms with E-state index < -0.39 is 0 Å². The number of aryl methyl sites for hydroxylation is 1.